The van der Waals surface area contributed by atoms with Gasteiger partial charge in [0.05, 0.1) is 12.2 Å². The molecule has 8 heteroatoms. The summed E-state index contributed by atoms with van der Waals surface area (Å²) in [7, 11) is 0. The Morgan fingerprint density at radius 2 is 1.93 bits per heavy atom. The minimum atomic E-state index is -0.493. The number of ether oxygens (including phenoxy) is 1. The molecule has 2 heterocycles. The zero-order valence-corrected chi connectivity index (χ0v) is 17.6. The fourth-order valence-electron chi connectivity index (χ4n) is 3.09. The number of imide groups is 1. The average molecular weight is 410 g/mol. The standard InChI is InChI=1S/C22H26N4O4/c1-22(2,3)30-21(29)25-14-12-24(13-15-25)10-5-7-17-6-4-8-18(16-17)26-11-9-19(27)23-20(26)28/h6,16H,9-15H2,1-3H3,(H,23,27,28). The van der Waals surface area contributed by atoms with Gasteiger partial charge in [0.1, 0.15) is 5.60 Å². The molecule has 2 fully saturated rings. The van der Waals surface area contributed by atoms with Gasteiger partial charge >= 0.3 is 12.1 Å². The second-order valence-electron chi connectivity index (χ2n) is 8.20. The van der Waals surface area contributed by atoms with Crippen molar-refractivity contribution < 1.29 is 19.1 Å². The Bertz CT molecular complexity index is 926. The SMILES string of the molecule is CC(C)(C)OC(=O)N1CCN(CC#CC2=CC(N3CCC(=O)NC3=O)=C=C=C2)CC1. The summed E-state index contributed by atoms with van der Waals surface area (Å²) >= 11 is 0. The molecule has 0 radical (unpaired) electrons. The molecule has 0 unspecified atom stereocenters. The normalized spacial score (nSPS) is 19.6. The van der Waals surface area contributed by atoms with Gasteiger partial charge in [-0.2, -0.15) is 0 Å². The molecule has 0 bridgehead atoms. The molecule has 0 aromatic rings. The van der Waals surface area contributed by atoms with Gasteiger partial charge in [-0.05, 0) is 32.6 Å². The lowest BCUT2D eigenvalue weighted by molar-refractivity contribution is -0.121. The molecular formula is C22H26N4O4. The average Bonchev–Trinajstić information content (AvgIpc) is 2.67. The van der Waals surface area contributed by atoms with E-state index in [1.807, 2.05) is 20.8 Å². The molecule has 0 atom stereocenters. The first-order valence-corrected chi connectivity index (χ1v) is 9.95. The predicted molar refractivity (Wildman–Crippen MR) is 110 cm³/mol. The number of nitrogens with one attached hydrogen (secondary N) is 1. The molecular weight excluding hydrogens is 384 g/mol. The summed E-state index contributed by atoms with van der Waals surface area (Å²) in [6.45, 7) is 9.15. The minimum absolute atomic E-state index is 0.255. The van der Waals surface area contributed by atoms with Crippen molar-refractivity contribution in [1.82, 2.24) is 20.0 Å². The van der Waals surface area contributed by atoms with E-state index < -0.39 is 11.6 Å². The van der Waals surface area contributed by atoms with Crippen LogP contribution in [0.15, 0.2) is 34.9 Å². The first-order chi connectivity index (χ1) is 14.2. The van der Waals surface area contributed by atoms with Crippen molar-refractivity contribution in [2.75, 3.05) is 39.3 Å². The van der Waals surface area contributed by atoms with E-state index in [1.54, 1.807) is 17.1 Å². The molecule has 0 aromatic heterocycles. The van der Waals surface area contributed by atoms with Crippen molar-refractivity contribution in [3.05, 3.63) is 34.9 Å². The summed E-state index contributed by atoms with van der Waals surface area (Å²) in [5.41, 5.74) is 6.54. The van der Waals surface area contributed by atoms with Crippen molar-refractivity contribution in [1.29, 1.82) is 0 Å². The highest BCUT2D eigenvalue weighted by Gasteiger charge is 2.26. The minimum Gasteiger partial charge on any atom is -0.444 e. The molecule has 1 aliphatic carbocycles. The van der Waals surface area contributed by atoms with E-state index in [0.717, 1.165) is 18.7 Å². The number of amides is 4. The van der Waals surface area contributed by atoms with Crippen LogP contribution in [0.5, 0.6) is 0 Å². The smallest absolute Gasteiger partial charge is 0.410 e. The van der Waals surface area contributed by atoms with Gasteiger partial charge < -0.3 is 9.64 Å². The fourth-order valence-corrected chi connectivity index (χ4v) is 3.09. The lowest BCUT2D eigenvalue weighted by atomic mass is 10.1. The molecule has 8 nitrogen and oxygen atoms in total. The quantitative estimate of drug-likeness (QED) is 0.553. The first kappa shape index (κ1) is 21.5. The molecule has 158 valence electrons. The number of rotatable bonds is 2. The summed E-state index contributed by atoms with van der Waals surface area (Å²) in [5, 5.41) is 2.29. The third-order valence-electron chi connectivity index (χ3n) is 4.62. The van der Waals surface area contributed by atoms with E-state index in [-0.39, 0.29) is 18.4 Å². The first-order valence-electron chi connectivity index (χ1n) is 9.95. The van der Waals surface area contributed by atoms with Crippen LogP contribution in [0, 0.1) is 11.8 Å². The number of carbonyl (C=O) groups excluding carboxylic acids is 3. The monoisotopic (exact) mass is 410 g/mol. The predicted octanol–water partition coefficient (Wildman–Crippen LogP) is 1.62. The van der Waals surface area contributed by atoms with Crippen LogP contribution in [0.2, 0.25) is 0 Å². The lowest BCUT2D eigenvalue weighted by Gasteiger charge is -2.34. The molecule has 30 heavy (non-hydrogen) atoms. The van der Waals surface area contributed by atoms with Crippen LogP contribution in [0.25, 0.3) is 0 Å². The van der Waals surface area contributed by atoms with E-state index in [0.29, 0.717) is 31.9 Å². The van der Waals surface area contributed by atoms with Crippen LogP contribution < -0.4 is 5.32 Å². The van der Waals surface area contributed by atoms with Crippen molar-refractivity contribution >= 4 is 18.0 Å². The summed E-state index contributed by atoms with van der Waals surface area (Å²) in [6.07, 6.45) is 3.45. The number of nitrogens with zero attached hydrogens (tertiary/aromatic N) is 3. The van der Waals surface area contributed by atoms with Crippen LogP contribution in [0.3, 0.4) is 0 Å². The van der Waals surface area contributed by atoms with Crippen molar-refractivity contribution in [3.63, 3.8) is 0 Å². The van der Waals surface area contributed by atoms with Gasteiger partial charge in [-0.3, -0.25) is 19.9 Å². The Morgan fingerprint density at radius 3 is 2.60 bits per heavy atom. The van der Waals surface area contributed by atoms with Gasteiger partial charge in [0.15, 0.2) is 0 Å². The Balaban J connectivity index is 1.50. The summed E-state index contributed by atoms with van der Waals surface area (Å²) in [4.78, 5) is 40.7. The molecule has 3 aliphatic rings. The third kappa shape index (κ3) is 5.88. The Labute approximate surface area is 176 Å². The van der Waals surface area contributed by atoms with Gasteiger partial charge in [0.2, 0.25) is 5.91 Å². The zero-order chi connectivity index (χ0) is 21.7. The van der Waals surface area contributed by atoms with Crippen molar-refractivity contribution in [3.8, 4) is 11.8 Å². The largest absolute Gasteiger partial charge is 0.444 e. The van der Waals surface area contributed by atoms with Gasteiger partial charge in [-0.1, -0.05) is 17.6 Å². The van der Waals surface area contributed by atoms with Crippen LogP contribution in [0.1, 0.15) is 27.2 Å². The van der Waals surface area contributed by atoms with Crippen LogP contribution >= 0.6 is 0 Å². The Hall–Kier alpha value is -3.23. The molecule has 4 amide bonds. The lowest BCUT2D eigenvalue weighted by Crippen LogP contribution is -2.50. The van der Waals surface area contributed by atoms with E-state index in [2.05, 4.69) is 33.5 Å². The number of piperazine rings is 1. The molecule has 0 spiro atoms. The highest BCUT2D eigenvalue weighted by Crippen LogP contribution is 2.15. The Kier molecular flexibility index (Phi) is 6.49. The van der Waals surface area contributed by atoms with Gasteiger partial charge in [-0.15, -0.1) is 0 Å². The van der Waals surface area contributed by atoms with Crippen LogP contribution in [-0.2, 0) is 9.53 Å². The maximum atomic E-state index is 12.1. The van der Waals surface area contributed by atoms with E-state index in [9.17, 15) is 14.4 Å². The topological polar surface area (TPSA) is 82.2 Å². The summed E-state index contributed by atoms with van der Waals surface area (Å²) < 4.78 is 5.41. The number of urea groups is 1. The number of hydrogen-bond acceptors (Lipinski definition) is 5. The molecule has 3 rings (SSSR count). The summed E-state index contributed by atoms with van der Waals surface area (Å²) in [5.74, 6) is 5.95. The second kappa shape index (κ2) is 9.06. The highest BCUT2D eigenvalue weighted by atomic mass is 16.6. The highest BCUT2D eigenvalue weighted by molar-refractivity contribution is 5.97. The zero-order valence-electron chi connectivity index (χ0n) is 17.6. The number of carbonyl (C=O) groups is 3. The van der Waals surface area contributed by atoms with E-state index >= 15 is 0 Å². The molecule has 2 saturated heterocycles. The second-order valence-corrected chi connectivity index (χ2v) is 8.20. The van der Waals surface area contributed by atoms with Crippen molar-refractivity contribution in [2.45, 2.75) is 32.8 Å². The van der Waals surface area contributed by atoms with Crippen LogP contribution in [0.4, 0.5) is 9.59 Å². The van der Waals surface area contributed by atoms with Gasteiger partial charge in [0.25, 0.3) is 0 Å². The molecule has 0 aromatic carbocycles. The van der Waals surface area contributed by atoms with E-state index in [4.69, 9.17) is 4.74 Å². The number of hydrogen-bond donors (Lipinski definition) is 1. The number of allylic oxidation sites excluding steroid dienone is 3. The van der Waals surface area contributed by atoms with Crippen molar-refractivity contribution in [2.24, 2.45) is 0 Å². The maximum Gasteiger partial charge on any atom is 0.410 e. The molecule has 0 saturated carbocycles. The summed E-state index contributed by atoms with van der Waals surface area (Å²) in [6, 6.07) is -0.455. The fraction of sp³-hybridized carbons (Fsp3) is 0.500. The van der Waals surface area contributed by atoms with Crippen LogP contribution in [-0.4, -0.2) is 77.6 Å². The molecule has 2 aliphatic heterocycles. The third-order valence-corrected chi connectivity index (χ3v) is 4.62. The maximum absolute atomic E-state index is 12.1. The van der Waals surface area contributed by atoms with Gasteiger partial charge in [-0.25, -0.2) is 9.59 Å². The Morgan fingerprint density at radius 1 is 1.20 bits per heavy atom. The molecule has 1 N–H and O–H groups in total. The van der Waals surface area contributed by atoms with Gasteiger partial charge in [0, 0.05) is 50.8 Å². The van der Waals surface area contributed by atoms with E-state index in [1.165, 1.54) is 4.90 Å².